The molecule has 0 radical (unpaired) electrons. The van der Waals surface area contributed by atoms with Crippen molar-refractivity contribution < 1.29 is 13.9 Å². The molecular formula is C13H23NO3. The van der Waals surface area contributed by atoms with Crippen LogP contribution >= 0.6 is 0 Å². The quantitative estimate of drug-likeness (QED) is 0.710. The van der Waals surface area contributed by atoms with Gasteiger partial charge in [0.1, 0.15) is 17.6 Å². The molecule has 0 aliphatic heterocycles. The fraction of sp³-hybridized carbons (Fsp3) is 0.692. The number of nitrogens with two attached hydrogens (primary N) is 1. The Bertz CT molecular complexity index is 309. The molecule has 1 heterocycles. The summed E-state index contributed by atoms with van der Waals surface area (Å²) in [7, 11) is 0. The van der Waals surface area contributed by atoms with Gasteiger partial charge in [-0.2, -0.15) is 0 Å². The summed E-state index contributed by atoms with van der Waals surface area (Å²) in [5, 5.41) is 0. The summed E-state index contributed by atoms with van der Waals surface area (Å²) in [6.07, 6.45) is 0.822. The van der Waals surface area contributed by atoms with Gasteiger partial charge >= 0.3 is 0 Å². The van der Waals surface area contributed by atoms with E-state index < -0.39 is 0 Å². The van der Waals surface area contributed by atoms with E-state index in [0.717, 1.165) is 24.5 Å². The van der Waals surface area contributed by atoms with Crippen molar-refractivity contribution in [2.24, 2.45) is 5.73 Å². The van der Waals surface area contributed by atoms with Crippen molar-refractivity contribution in [2.45, 2.75) is 39.3 Å². The minimum absolute atomic E-state index is 0.105. The van der Waals surface area contributed by atoms with E-state index in [2.05, 4.69) is 6.92 Å². The number of hydrogen-bond donors (Lipinski definition) is 1. The molecule has 0 saturated carbocycles. The van der Waals surface area contributed by atoms with Crippen molar-refractivity contribution in [1.29, 1.82) is 0 Å². The van der Waals surface area contributed by atoms with Gasteiger partial charge in [0.25, 0.3) is 0 Å². The topological polar surface area (TPSA) is 57.6 Å². The molecule has 2 N–H and O–H groups in total. The smallest absolute Gasteiger partial charge is 0.134 e. The monoisotopic (exact) mass is 241 g/mol. The predicted molar refractivity (Wildman–Crippen MR) is 66.9 cm³/mol. The van der Waals surface area contributed by atoms with Crippen LogP contribution in [0.1, 0.15) is 37.9 Å². The first-order chi connectivity index (χ1) is 8.15. The van der Waals surface area contributed by atoms with Gasteiger partial charge < -0.3 is 19.6 Å². The van der Waals surface area contributed by atoms with Crippen LogP contribution in [0.2, 0.25) is 0 Å². The van der Waals surface area contributed by atoms with Gasteiger partial charge in [-0.25, -0.2) is 0 Å². The molecular weight excluding hydrogens is 218 g/mol. The lowest BCUT2D eigenvalue weighted by atomic mass is 10.1. The van der Waals surface area contributed by atoms with E-state index in [4.69, 9.17) is 19.6 Å². The van der Waals surface area contributed by atoms with Crippen LogP contribution in [0.4, 0.5) is 0 Å². The lowest BCUT2D eigenvalue weighted by molar-refractivity contribution is -0.0141. The molecule has 1 aromatic rings. The standard InChI is InChI=1S/C13H23NO3/c1-4-7-15-8-9-16-13(11(3)14)12-6-5-10(2)17-12/h5-6,11,13H,4,7-9,14H2,1-3H3. The van der Waals surface area contributed by atoms with Crippen molar-refractivity contribution in [2.75, 3.05) is 19.8 Å². The molecule has 4 heteroatoms. The largest absolute Gasteiger partial charge is 0.464 e. The summed E-state index contributed by atoms with van der Waals surface area (Å²) in [6, 6.07) is 3.73. The number of furan rings is 1. The van der Waals surface area contributed by atoms with Crippen LogP contribution in [0.25, 0.3) is 0 Å². The summed E-state index contributed by atoms with van der Waals surface area (Å²) in [4.78, 5) is 0. The first-order valence-corrected chi connectivity index (χ1v) is 6.16. The van der Waals surface area contributed by atoms with E-state index in [0.29, 0.717) is 13.2 Å². The minimum atomic E-state index is -0.200. The maximum atomic E-state index is 5.89. The SMILES string of the molecule is CCCOCCOC(c1ccc(C)o1)C(C)N. The van der Waals surface area contributed by atoms with E-state index in [9.17, 15) is 0 Å². The zero-order valence-corrected chi connectivity index (χ0v) is 10.9. The first-order valence-electron chi connectivity index (χ1n) is 6.16. The molecule has 0 spiro atoms. The highest BCUT2D eigenvalue weighted by Crippen LogP contribution is 2.22. The maximum Gasteiger partial charge on any atom is 0.134 e. The van der Waals surface area contributed by atoms with E-state index in [1.807, 2.05) is 26.0 Å². The van der Waals surface area contributed by atoms with Crippen LogP contribution in [-0.2, 0) is 9.47 Å². The van der Waals surface area contributed by atoms with Crippen molar-refractivity contribution >= 4 is 0 Å². The average molecular weight is 241 g/mol. The third kappa shape index (κ3) is 4.89. The Morgan fingerprint density at radius 3 is 2.59 bits per heavy atom. The molecule has 17 heavy (non-hydrogen) atoms. The van der Waals surface area contributed by atoms with Gasteiger partial charge in [0, 0.05) is 12.6 Å². The van der Waals surface area contributed by atoms with Crippen molar-refractivity contribution in [3.8, 4) is 0 Å². The van der Waals surface area contributed by atoms with E-state index >= 15 is 0 Å². The molecule has 4 nitrogen and oxygen atoms in total. The zero-order valence-electron chi connectivity index (χ0n) is 10.9. The Morgan fingerprint density at radius 2 is 2.06 bits per heavy atom. The number of ether oxygens (including phenoxy) is 2. The van der Waals surface area contributed by atoms with Crippen LogP contribution in [0, 0.1) is 6.92 Å². The highest BCUT2D eigenvalue weighted by molar-refractivity contribution is 5.09. The lowest BCUT2D eigenvalue weighted by Gasteiger charge is -2.19. The molecule has 0 aliphatic rings. The Kier molecular flexibility index (Phi) is 6.26. The van der Waals surface area contributed by atoms with Crippen LogP contribution in [-0.4, -0.2) is 25.9 Å². The van der Waals surface area contributed by atoms with Crippen LogP contribution in [0.5, 0.6) is 0 Å². The zero-order chi connectivity index (χ0) is 12.7. The molecule has 0 aromatic carbocycles. The molecule has 98 valence electrons. The predicted octanol–water partition coefficient (Wildman–Crippen LogP) is 2.42. The Morgan fingerprint density at radius 1 is 1.29 bits per heavy atom. The van der Waals surface area contributed by atoms with Crippen LogP contribution < -0.4 is 5.73 Å². The van der Waals surface area contributed by atoms with Crippen LogP contribution in [0.15, 0.2) is 16.5 Å². The fourth-order valence-electron chi connectivity index (χ4n) is 1.58. The highest BCUT2D eigenvalue weighted by atomic mass is 16.5. The maximum absolute atomic E-state index is 5.89. The summed E-state index contributed by atoms with van der Waals surface area (Å²) in [6.45, 7) is 7.80. The van der Waals surface area contributed by atoms with Gasteiger partial charge in [-0.1, -0.05) is 6.92 Å². The van der Waals surface area contributed by atoms with Gasteiger partial charge in [0.15, 0.2) is 0 Å². The third-order valence-electron chi connectivity index (χ3n) is 2.39. The molecule has 0 bridgehead atoms. The van der Waals surface area contributed by atoms with Crippen LogP contribution in [0.3, 0.4) is 0 Å². The lowest BCUT2D eigenvalue weighted by Crippen LogP contribution is -2.27. The summed E-state index contributed by atoms with van der Waals surface area (Å²) < 4.78 is 16.6. The molecule has 0 amide bonds. The summed E-state index contributed by atoms with van der Waals surface area (Å²) in [5.41, 5.74) is 5.89. The molecule has 0 saturated heterocycles. The van der Waals surface area contributed by atoms with Crippen molar-refractivity contribution in [3.05, 3.63) is 23.7 Å². The second-order valence-electron chi connectivity index (χ2n) is 4.21. The van der Waals surface area contributed by atoms with Gasteiger partial charge in [-0.05, 0) is 32.4 Å². The Labute approximate surface area is 103 Å². The summed E-state index contributed by atoms with van der Waals surface area (Å²) in [5.74, 6) is 1.66. The average Bonchev–Trinajstić information content (AvgIpc) is 2.69. The second-order valence-corrected chi connectivity index (χ2v) is 4.21. The second kappa shape index (κ2) is 7.48. The summed E-state index contributed by atoms with van der Waals surface area (Å²) >= 11 is 0. The van der Waals surface area contributed by atoms with Gasteiger partial charge in [-0.3, -0.25) is 0 Å². The number of rotatable bonds is 8. The first kappa shape index (κ1) is 14.2. The Balaban J connectivity index is 2.39. The van der Waals surface area contributed by atoms with Crippen molar-refractivity contribution in [1.82, 2.24) is 0 Å². The van der Waals surface area contributed by atoms with Gasteiger partial charge in [0.05, 0.1) is 13.2 Å². The van der Waals surface area contributed by atoms with Gasteiger partial charge in [0.2, 0.25) is 0 Å². The van der Waals surface area contributed by atoms with E-state index in [1.54, 1.807) is 0 Å². The molecule has 2 unspecified atom stereocenters. The molecule has 1 rings (SSSR count). The molecule has 0 aliphatic carbocycles. The molecule has 0 fully saturated rings. The van der Waals surface area contributed by atoms with Crippen molar-refractivity contribution in [3.63, 3.8) is 0 Å². The highest BCUT2D eigenvalue weighted by Gasteiger charge is 2.20. The molecule has 2 atom stereocenters. The molecule has 1 aromatic heterocycles. The number of aryl methyl sites for hydroxylation is 1. The van der Waals surface area contributed by atoms with Gasteiger partial charge in [-0.15, -0.1) is 0 Å². The third-order valence-corrected chi connectivity index (χ3v) is 2.39. The van der Waals surface area contributed by atoms with E-state index in [1.165, 1.54) is 0 Å². The minimum Gasteiger partial charge on any atom is -0.464 e. The number of hydrogen-bond acceptors (Lipinski definition) is 4. The fourth-order valence-corrected chi connectivity index (χ4v) is 1.58. The normalized spacial score (nSPS) is 14.8. The van der Waals surface area contributed by atoms with E-state index in [-0.39, 0.29) is 12.1 Å². The Hall–Kier alpha value is -0.840.